The summed E-state index contributed by atoms with van der Waals surface area (Å²) in [5.41, 5.74) is 4.20. The molecule has 140 valence electrons. The topological polar surface area (TPSA) is 72.7 Å². The third-order valence-electron chi connectivity index (χ3n) is 5.35. The summed E-state index contributed by atoms with van der Waals surface area (Å²) in [6.45, 7) is 0. The molecule has 0 saturated heterocycles. The first-order valence-electron chi connectivity index (χ1n) is 8.82. The monoisotopic (exact) mass is 366 g/mol. The quantitative estimate of drug-likeness (QED) is 0.743. The molecular formula is C21H22N2O4. The van der Waals surface area contributed by atoms with Crippen LogP contribution in [0.1, 0.15) is 22.9 Å². The summed E-state index contributed by atoms with van der Waals surface area (Å²) in [5, 5.41) is 14.1. The number of nitrogens with zero attached hydrogens (tertiary/aromatic N) is 1. The van der Waals surface area contributed by atoms with Crippen molar-refractivity contribution < 1.29 is 19.4 Å². The fourth-order valence-electron chi connectivity index (χ4n) is 4.06. The lowest BCUT2D eigenvalue weighted by Gasteiger charge is -2.31. The minimum absolute atomic E-state index is 0.257. The van der Waals surface area contributed by atoms with Crippen LogP contribution in [0.25, 0.3) is 10.9 Å². The predicted octanol–water partition coefficient (Wildman–Crippen LogP) is 2.88. The molecule has 6 heteroatoms. The Labute approximate surface area is 157 Å². The molecule has 1 aromatic heterocycles. The van der Waals surface area contributed by atoms with E-state index >= 15 is 0 Å². The molecule has 6 nitrogen and oxygen atoms in total. The summed E-state index contributed by atoms with van der Waals surface area (Å²) in [7, 11) is 5.22. The van der Waals surface area contributed by atoms with E-state index < -0.39 is 12.0 Å². The summed E-state index contributed by atoms with van der Waals surface area (Å²) in [5.74, 6) is 0.415. The number of methoxy groups -OCH3 is 2. The van der Waals surface area contributed by atoms with Gasteiger partial charge in [-0.15, -0.1) is 0 Å². The zero-order valence-corrected chi connectivity index (χ0v) is 15.5. The summed E-state index contributed by atoms with van der Waals surface area (Å²) in [6, 6.07) is 12.9. The molecule has 27 heavy (non-hydrogen) atoms. The van der Waals surface area contributed by atoms with Crippen molar-refractivity contribution in [2.45, 2.75) is 18.5 Å². The van der Waals surface area contributed by atoms with Crippen molar-refractivity contribution in [1.82, 2.24) is 9.88 Å². The molecule has 2 N–H and O–H groups in total. The molecule has 0 spiro atoms. The molecule has 1 aliphatic heterocycles. The maximum atomic E-state index is 11.8. The number of aliphatic carboxylic acids is 1. The lowest BCUT2D eigenvalue weighted by atomic mass is 9.90. The Morgan fingerprint density at radius 3 is 2.59 bits per heavy atom. The Bertz CT molecular complexity index is 1020. The zero-order chi connectivity index (χ0) is 19.1. The van der Waals surface area contributed by atoms with Gasteiger partial charge in [0, 0.05) is 30.1 Å². The SMILES string of the molecule is COc1ccc([C@@H]2N[C@@H](C(=O)O)Cc3c2n(C)c2ccccc32)cc1OC. The van der Waals surface area contributed by atoms with Gasteiger partial charge in [0.25, 0.3) is 0 Å². The van der Waals surface area contributed by atoms with Gasteiger partial charge < -0.3 is 19.1 Å². The third kappa shape index (κ3) is 2.73. The number of rotatable bonds is 4. The first-order chi connectivity index (χ1) is 13.0. The van der Waals surface area contributed by atoms with Crippen LogP contribution >= 0.6 is 0 Å². The van der Waals surface area contributed by atoms with Crippen LogP contribution in [-0.2, 0) is 18.3 Å². The number of nitrogens with one attached hydrogen (secondary N) is 1. The van der Waals surface area contributed by atoms with Gasteiger partial charge in [0.2, 0.25) is 0 Å². The Morgan fingerprint density at radius 1 is 1.15 bits per heavy atom. The number of hydrogen-bond acceptors (Lipinski definition) is 4. The van der Waals surface area contributed by atoms with E-state index in [-0.39, 0.29) is 6.04 Å². The molecule has 1 aliphatic rings. The average molecular weight is 366 g/mol. The van der Waals surface area contributed by atoms with E-state index in [1.165, 1.54) is 0 Å². The number of carboxylic acids is 1. The molecule has 0 saturated carbocycles. The maximum absolute atomic E-state index is 11.8. The third-order valence-corrected chi connectivity index (χ3v) is 5.35. The van der Waals surface area contributed by atoms with E-state index in [0.717, 1.165) is 27.7 Å². The van der Waals surface area contributed by atoms with Gasteiger partial charge in [-0.25, -0.2) is 0 Å². The Morgan fingerprint density at radius 2 is 1.89 bits per heavy atom. The van der Waals surface area contributed by atoms with Crippen LogP contribution in [0, 0.1) is 0 Å². The first-order valence-corrected chi connectivity index (χ1v) is 8.82. The number of carbonyl (C=O) groups is 1. The molecule has 0 radical (unpaired) electrons. The smallest absolute Gasteiger partial charge is 0.321 e. The average Bonchev–Trinajstić information content (AvgIpc) is 2.99. The number of para-hydroxylation sites is 1. The van der Waals surface area contributed by atoms with Crippen LogP contribution in [-0.4, -0.2) is 35.9 Å². The molecule has 2 heterocycles. The van der Waals surface area contributed by atoms with Crippen LogP contribution in [0.15, 0.2) is 42.5 Å². The van der Waals surface area contributed by atoms with Gasteiger partial charge in [-0.3, -0.25) is 10.1 Å². The Balaban J connectivity index is 1.92. The molecule has 0 aliphatic carbocycles. The number of carboxylic acid groups (broad SMARTS) is 1. The number of fused-ring (bicyclic) bond motifs is 3. The fraction of sp³-hybridized carbons (Fsp3) is 0.286. The first kappa shape index (κ1) is 17.4. The number of ether oxygens (including phenoxy) is 2. The number of hydrogen-bond donors (Lipinski definition) is 2. The Kier molecular flexibility index (Phi) is 4.28. The number of aromatic nitrogens is 1. The normalized spacial score (nSPS) is 18.9. The molecule has 2 aromatic carbocycles. The van der Waals surface area contributed by atoms with Crippen molar-refractivity contribution in [3.05, 3.63) is 59.3 Å². The van der Waals surface area contributed by atoms with Gasteiger partial charge >= 0.3 is 5.97 Å². The van der Waals surface area contributed by atoms with E-state index in [4.69, 9.17) is 9.47 Å². The van der Waals surface area contributed by atoms with E-state index in [0.29, 0.717) is 17.9 Å². The molecule has 0 unspecified atom stereocenters. The van der Waals surface area contributed by atoms with Gasteiger partial charge in [-0.05, 0) is 29.3 Å². The van der Waals surface area contributed by atoms with E-state index in [9.17, 15) is 9.90 Å². The van der Waals surface area contributed by atoms with Crippen molar-refractivity contribution in [3.8, 4) is 11.5 Å². The van der Waals surface area contributed by atoms with Gasteiger partial charge in [0.15, 0.2) is 11.5 Å². The largest absolute Gasteiger partial charge is 0.493 e. The second-order valence-electron chi connectivity index (χ2n) is 6.75. The van der Waals surface area contributed by atoms with E-state index in [2.05, 4.69) is 22.0 Å². The minimum Gasteiger partial charge on any atom is -0.493 e. The van der Waals surface area contributed by atoms with Gasteiger partial charge in [0.05, 0.1) is 20.3 Å². The highest BCUT2D eigenvalue weighted by Gasteiger charge is 2.35. The molecule has 0 fully saturated rings. The molecule has 0 bridgehead atoms. The van der Waals surface area contributed by atoms with Crippen LogP contribution in [0.2, 0.25) is 0 Å². The number of aryl methyl sites for hydroxylation is 1. The Hall–Kier alpha value is -2.99. The van der Waals surface area contributed by atoms with E-state index in [1.807, 2.05) is 37.4 Å². The molecule has 4 rings (SSSR count). The highest BCUT2D eigenvalue weighted by molar-refractivity contribution is 5.88. The zero-order valence-electron chi connectivity index (χ0n) is 15.5. The van der Waals surface area contributed by atoms with Crippen molar-refractivity contribution in [1.29, 1.82) is 0 Å². The standard InChI is InChI=1S/C21H22N2O4/c1-23-16-7-5-4-6-13(16)14-11-15(21(24)25)22-19(20(14)23)12-8-9-17(26-2)18(10-12)27-3/h4-10,15,19,22H,11H2,1-3H3,(H,24,25)/t15-,19+/m1/s1. The molecule has 2 atom stereocenters. The van der Waals surface area contributed by atoms with Gasteiger partial charge in [-0.1, -0.05) is 24.3 Å². The highest BCUT2D eigenvalue weighted by Crippen LogP contribution is 2.39. The van der Waals surface area contributed by atoms with E-state index in [1.54, 1.807) is 14.2 Å². The van der Waals surface area contributed by atoms with Crippen LogP contribution in [0.4, 0.5) is 0 Å². The van der Waals surface area contributed by atoms with Crippen LogP contribution in [0.3, 0.4) is 0 Å². The second kappa shape index (κ2) is 6.63. The van der Waals surface area contributed by atoms with Crippen molar-refractivity contribution in [2.75, 3.05) is 14.2 Å². The minimum atomic E-state index is -0.848. The van der Waals surface area contributed by atoms with Crippen LogP contribution < -0.4 is 14.8 Å². The maximum Gasteiger partial charge on any atom is 0.321 e. The summed E-state index contributed by atoms with van der Waals surface area (Å²) in [6.07, 6.45) is 0.454. The van der Waals surface area contributed by atoms with Gasteiger partial charge in [0.1, 0.15) is 6.04 Å². The molecular weight excluding hydrogens is 344 g/mol. The lowest BCUT2D eigenvalue weighted by molar-refractivity contribution is -0.139. The van der Waals surface area contributed by atoms with Gasteiger partial charge in [-0.2, -0.15) is 0 Å². The second-order valence-corrected chi connectivity index (χ2v) is 6.75. The fourth-order valence-corrected chi connectivity index (χ4v) is 4.06. The molecule has 3 aromatic rings. The highest BCUT2D eigenvalue weighted by atomic mass is 16.5. The van der Waals surface area contributed by atoms with Crippen molar-refractivity contribution in [2.24, 2.45) is 7.05 Å². The summed E-state index contributed by atoms with van der Waals surface area (Å²) < 4.78 is 12.9. The summed E-state index contributed by atoms with van der Waals surface area (Å²) >= 11 is 0. The molecule has 0 amide bonds. The lowest BCUT2D eigenvalue weighted by Crippen LogP contribution is -2.45. The van der Waals surface area contributed by atoms with Crippen LogP contribution in [0.5, 0.6) is 11.5 Å². The van der Waals surface area contributed by atoms with Crippen molar-refractivity contribution >= 4 is 16.9 Å². The number of benzene rings is 2. The predicted molar refractivity (Wildman–Crippen MR) is 103 cm³/mol. The van der Waals surface area contributed by atoms with Crippen molar-refractivity contribution in [3.63, 3.8) is 0 Å². The summed E-state index contributed by atoms with van der Waals surface area (Å²) in [4.78, 5) is 11.8.